The van der Waals surface area contributed by atoms with Gasteiger partial charge < -0.3 is 0 Å². The summed E-state index contributed by atoms with van der Waals surface area (Å²) in [5, 5.41) is 11.6. The molecule has 0 saturated carbocycles. The number of rotatable bonds is 1. The molecule has 0 bridgehead atoms. The SMILES string of the molecule is CC1(C)c2cc3c(cc2-c2cc4c5ccccc5c5ccccc5c4cc21)C(C)(C)c1cc2ccccc2cc1N3c1ccc2ccccc2n1. The maximum Gasteiger partial charge on any atom is 0.138 e. The van der Waals surface area contributed by atoms with Crippen molar-refractivity contribution in [2.45, 2.75) is 38.5 Å². The third-order valence-corrected chi connectivity index (χ3v) is 12.2. The fourth-order valence-electron chi connectivity index (χ4n) is 9.47. The topological polar surface area (TPSA) is 16.1 Å². The molecule has 2 heteroatoms. The Kier molecular flexibility index (Phi) is 5.55. The van der Waals surface area contributed by atoms with E-state index in [-0.39, 0.29) is 10.8 Å². The van der Waals surface area contributed by atoms with Crippen molar-refractivity contribution in [3.8, 4) is 11.1 Å². The fourth-order valence-corrected chi connectivity index (χ4v) is 9.47. The van der Waals surface area contributed by atoms with E-state index in [1.807, 2.05) is 0 Å². The van der Waals surface area contributed by atoms with Gasteiger partial charge in [0.25, 0.3) is 0 Å². The Balaban J connectivity index is 1.22. The van der Waals surface area contributed by atoms with Crippen molar-refractivity contribution < 1.29 is 0 Å². The van der Waals surface area contributed by atoms with E-state index in [1.165, 1.54) is 87.8 Å². The van der Waals surface area contributed by atoms with Crippen molar-refractivity contribution >= 4 is 71.2 Å². The summed E-state index contributed by atoms with van der Waals surface area (Å²) in [6.07, 6.45) is 0. The molecule has 0 spiro atoms. The van der Waals surface area contributed by atoms with E-state index in [1.54, 1.807) is 0 Å². The molecule has 1 aromatic heterocycles. The fraction of sp³-hybridized carbons (Fsp3) is 0.122. The lowest BCUT2D eigenvalue weighted by molar-refractivity contribution is 0.628. The first kappa shape index (κ1) is 28.8. The molecule has 0 N–H and O–H groups in total. The van der Waals surface area contributed by atoms with Gasteiger partial charge in [-0.05, 0) is 131 Å². The minimum atomic E-state index is -0.246. The number of para-hydroxylation sites is 1. The van der Waals surface area contributed by atoms with Gasteiger partial charge in [0.1, 0.15) is 5.82 Å². The predicted octanol–water partition coefficient (Wildman–Crippen LogP) is 13.3. The molecular weight excluding hydrogens is 617 g/mol. The van der Waals surface area contributed by atoms with Crippen LogP contribution in [-0.4, -0.2) is 4.98 Å². The van der Waals surface area contributed by atoms with Crippen LogP contribution in [0.15, 0.2) is 146 Å². The van der Waals surface area contributed by atoms with Crippen LogP contribution in [0.25, 0.3) is 65.1 Å². The molecule has 2 aliphatic rings. The van der Waals surface area contributed by atoms with E-state index in [4.69, 9.17) is 4.98 Å². The van der Waals surface area contributed by atoms with E-state index in [0.29, 0.717) is 0 Å². The van der Waals surface area contributed by atoms with Crippen molar-refractivity contribution in [1.29, 1.82) is 0 Å². The van der Waals surface area contributed by atoms with Gasteiger partial charge in [-0.15, -0.1) is 0 Å². The summed E-state index contributed by atoms with van der Waals surface area (Å²) in [6.45, 7) is 9.62. The predicted molar refractivity (Wildman–Crippen MR) is 216 cm³/mol. The lowest BCUT2D eigenvalue weighted by atomic mass is 9.71. The molecule has 9 aromatic rings. The summed E-state index contributed by atoms with van der Waals surface area (Å²) in [5.41, 5.74) is 11.1. The first-order chi connectivity index (χ1) is 24.8. The van der Waals surface area contributed by atoms with Gasteiger partial charge in [-0.2, -0.15) is 0 Å². The van der Waals surface area contributed by atoms with Crippen molar-refractivity contribution in [2.75, 3.05) is 4.90 Å². The molecule has 2 heterocycles. The Morgan fingerprint density at radius 3 is 1.59 bits per heavy atom. The van der Waals surface area contributed by atoms with Gasteiger partial charge in [0.2, 0.25) is 0 Å². The van der Waals surface area contributed by atoms with Crippen molar-refractivity contribution in [2.24, 2.45) is 0 Å². The van der Waals surface area contributed by atoms with Gasteiger partial charge >= 0.3 is 0 Å². The molecule has 0 saturated heterocycles. The van der Waals surface area contributed by atoms with Crippen LogP contribution in [0, 0.1) is 0 Å². The van der Waals surface area contributed by atoms with Crippen molar-refractivity contribution in [3.05, 3.63) is 168 Å². The number of aromatic nitrogens is 1. The molecule has 0 amide bonds. The zero-order chi connectivity index (χ0) is 34.2. The largest absolute Gasteiger partial charge is 0.294 e. The number of hydrogen-bond donors (Lipinski definition) is 0. The maximum atomic E-state index is 5.31. The van der Waals surface area contributed by atoms with Gasteiger partial charge in [0.15, 0.2) is 0 Å². The zero-order valence-electron chi connectivity index (χ0n) is 29.3. The van der Waals surface area contributed by atoms with Crippen molar-refractivity contribution in [1.82, 2.24) is 4.98 Å². The Morgan fingerprint density at radius 1 is 0.392 bits per heavy atom. The van der Waals surface area contributed by atoms with Crippen molar-refractivity contribution in [3.63, 3.8) is 0 Å². The Labute approximate surface area is 297 Å². The molecule has 0 fully saturated rings. The minimum absolute atomic E-state index is 0.197. The van der Waals surface area contributed by atoms with E-state index < -0.39 is 0 Å². The summed E-state index contributed by atoms with van der Waals surface area (Å²) in [4.78, 5) is 7.75. The summed E-state index contributed by atoms with van der Waals surface area (Å²) in [7, 11) is 0. The second-order valence-corrected chi connectivity index (χ2v) is 15.6. The first-order valence-corrected chi connectivity index (χ1v) is 18.1. The molecule has 0 unspecified atom stereocenters. The van der Waals surface area contributed by atoms with E-state index in [9.17, 15) is 0 Å². The van der Waals surface area contributed by atoms with Crippen LogP contribution in [0.3, 0.4) is 0 Å². The summed E-state index contributed by atoms with van der Waals surface area (Å²) in [5.74, 6) is 0.943. The maximum absolute atomic E-state index is 5.31. The Hall–Kier alpha value is -5.99. The van der Waals surface area contributed by atoms with Crippen LogP contribution in [0.2, 0.25) is 0 Å². The van der Waals surface area contributed by atoms with Crippen LogP contribution in [0.5, 0.6) is 0 Å². The smallest absolute Gasteiger partial charge is 0.138 e. The number of pyridine rings is 1. The number of benzene rings is 8. The van der Waals surface area contributed by atoms with Gasteiger partial charge in [-0.1, -0.05) is 119 Å². The number of nitrogens with zero attached hydrogens (tertiary/aromatic N) is 2. The quantitative estimate of drug-likeness (QED) is 0.164. The molecule has 51 heavy (non-hydrogen) atoms. The van der Waals surface area contributed by atoms with Gasteiger partial charge in [0.05, 0.1) is 16.9 Å². The molecule has 1 aliphatic carbocycles. The van der Waals surface area contributed by atoms with E-state index in [2.05, 4.69) is 178 Å². The molecule has 2 nitrogen and oxygen atoms in total. The third kappa shape index (κ3) is 3.80. The van der Waals surface area contributed by atoms with Crippen LogP contribution >= 0.6 is 0 Å². The highest BCUT2D eigenvalue weighted by molar-refractivity contribution is 6.26. The highest BCUT2D eigenvalue weighted by Crippen LogP contribution is 2.58. The van der Waals surface area contributed by atoms with E-state index >= 15 is 0 Å². The van der Waals surface area contributed by atoms with Crippen LogP contribution in [-0.2, 0) is 10.8 Å². The molecular formula is C49H36N2. The second-order valence-electron chi connectivity index (χ2n) is 15.6. The number of anilines is 3. The zero-order valence-corrected chi connectivity index (χ0v) is 29.3. The molecule has 0 radical (unpaired) electrons. The molecule has 242 valence electrons. The van der Waals surface area contributed by atoms with Gasteiger partial charge in [-0.25, -0.2) is 4.98 Å². The highest BCUT2D eigenvalue weighted by atomic mass is 15.2. The summed E-state index contributed by atoms with van der Waals surface area (Å²) < 4.78 is 0. The Morgan fingerprint density at radius 2 is 0.882 bits per heavy atom. The average Bonchev–Trinajstić information content (AvgIpc) is 3.37. The Bertz CT molecular complexity index is 2980. The highest BCUT2D eigenvalue weighted by Gasteiger charge is 2.43. The number of fused-ring (bicyclic) bond motifs is 13. The summed E-state index contributed by atoms with van der Waals surface area (Å²) in [6, 6.07) is 54.2. The standard InChI is InChI=1S/C49H36N2/c1-48(2)40-26-37-35-19-11-9-17-33(35)32-16-8-10-18-34(32)36(37)25-38(40)39-27-43-46(28-41(39)48)51(47-22-21-29-13-7-12-20-44(29)50-47)45-24-31-15-6-5-14-30(31)23-42(45)49(43,3)4/h5-28H,1-4H3. The van der Waals surface area contributed by atoms with Gasteiger partial charge in [-0.3, -0.25) is 4.90 Å². The lowest BCUT2D eigenvalue weighted by Crippen LogP contribution is -2.31. The van der Waals surface area contributed by atoms with Crippen LogP contribution in [0.4, 0.5) is 17.2 Å². The number of hydrogen-bond acceptors (Lipinski definition) is 2. The third-order valence-electron chi connectivity index (χ3n) is 12.2. The minimum Gasteiger partial charge on any atom is -0.294 e. The van der Waals surface area contributed by atoms with Crippen LogP contribution in [0.1, 0.15) is 49.9 Å². The molecule has 0 atom stereocenters. The average molecular weight is 653 g/mol. The second kappa shape index (κ2) is 9.83. The monoisotopic (exact) mass is 652 g/mol. The molecule has 8 aromatic carbocycles. The van der Waals surface area contributed by atoms with Crippen LogP contribution < -0.4 is 4.90 Å². The molecule has 1 aliphatic heterocycles. The lowest BCUT2D eigenvalue weighted by Gasteiger charge is -2.42. The summed E-state index contributed by atoms with van der Waals surface area (Å²) >= 11 is 0. The molecule has 11 rings (SSSR count). The van der Waals surface area contributed by atoms with Gasteiger partial charge in [0, 0.05) is 16.2 Å². The van der Waals surface area contributed by atoms with E-state index in [0.717, 1.165) is 16.7 Å². The first-order valence-electron chi connectivity index (χ1n) is 18.1. The normalized spacial score (nSPS) is 15.3.